The SMILES string of the molecule is CON1CCC2(CC1)OC(=O)C(c1c(C)cc(C)c(Br)c1C)C2O. The van der Waals surface area contributed by atoms with Gasteiger partial charge >= 0.3 is 5.97 Å². The van der Waals surface area contributed by atoms with Crippen LogP contribution >= 0.6 is 15.9 Å². The third-order valence-electron chi connectivity index (χ3n) is 5.49. The Kier molecular flexibility index (Phi) is 4.77. The van der Waals surface area contributed by atoms with Crippen LogP contribution in [0.2, 0.25) is 0 Å². The van der Waals surface area contributed by atoms with Crippen LogP contribution in [0.25, 0.3) is 0 Å². The number of piperidine rings is 1. The van der Waals surface area contributed by atoms with Crippen molar-refractivity contribution < 1.29 is 19.5 Å². The predicted molar refractivity (Wildman–Crippen MR) is 93.7 cm³/mol. The number of aliphatic hydroxyl groups excluding tert-OH is 1. The zero-order valence-electron chi connectivity index (χ0n) is 14.6. The molecule has 5 nitrogen and oxygen atoms in total. The number of hydroxylamine groups is 2. The molecule has 1 spiro atoms. The Hall–Kier alpha value is -0.950. The molecule has 2 aliphatic heterocycles. The second kappa shape index (κ2) is 6.41. The van der Waals surface area contributed by atoms with Gasteiger partial charge in [0.2, 0.25) is 0 Å². The van der Waals surface area contributed by atoms with Gasteiger partial charge in [0.1, 0.15) is 17.6 Å². The van der Waals surface area contributed by atoms with Crippen LogP contribution < -0.4 is 0 Å². The van der Waals surface area contributed by atoms with Crippen LogP contribution in [-0.2, 0) is 14.4 Å². The van der Waals surface area contributed by atoms with Crippen molar-refractivity contribution in [3.63, 3.8) is 0 Å². The number of carbonyl (C=O) groups excluding carboxylic acids is 1. The van der Waals surface area contributed by atoms with Crippen LogP contribution in [0.4, 0.5) is 0 Å². The smallest absolute Gasteiger partial charge is 0.316 e. The van der Waals surface area contributed by atoms with Gasteiger partial charge < -0.3 is 14.7 Å². The Balaban J connectivity index is 1.97. The van der Waals surface area contributed by atoms with Crippen molar-refractivity contribution in [3.8, 4) is 0 Å². The van der Waals surface area contributed by atoms with E-state index in [0.717, 1.165) is 26.7 Å². The highest BCUT2D eigenvalue weighted by Crippen LogP contribution is 2.46. The Morgan fingerprint density at radius 1 is 1.29 bits per heavy atom. The van der Waals surface area contributed by atoms with Crippen LogP contribution in [0.3, 0.4) is 0 Å². The number of hydrogen-bond donors (Lipinski definition) is 1. The number of aryl methyl sites for hydroxylation is 2. The molecule has 2 aliphatic rings. The predicted octanol–water partition coefficient (Wildman–Crippen LogP) is 2.77. The maximum atomic E-state index is 12.7. The van der Waals surface area contributed by atoms with E-state index in [4.69, 9.17) is 9.57 Å². The normalized spacial score (nSPS) is 26.8. The number of halogens is 1. The first kappa shape index (κ1) is 17.9. The summed E-state index contributed by atoms with van der Waals surface area (Å²) >= 11 is 3.60. The highest BCUT2D eigenvalue weighted by atomic mass is 79.9. The van der Waals surface area contributed by atoms with E-state index < -0.39 is 17.6 Å². The molecule has 0 aromatic heterocycles. The quantitative estimate of drug-likeness (QED) is 0.777. The topological polar surface area (TPSA) is 59.0 Å². The fourth-order valence-corrected chi connectivity index (χ4v) is 4.46. The molecule has 2 unspecified atom stereocenters. The van der Waals surface area contributed by atoms with Crippen LogP contribution in [-0.4, -0.2) is 48.0 Å². The fourth-order valence-electron chi connectivity index (χ4n) is 4.13. The van der Waals surface area contributed by atoms with Crippen molar-refractivity contribution in [2.75, 3.05) is 20.2 Å². The van der Waals surface area contributed by atoms with Gasteiger partial charge in [-0.15, -0.1) is 0 Å². The summed E-state index contributed by atoms with van der Waals surface area (Å²) in [6.45, 7) is 7.28. The molecule has 1 aromatic carbocycles. The van der Waals surface area contributed by atoms with Gasteiger partial charge in [0.25, 0.3) is 0 Å². The molecular formula is C18H24BrNO4. The highest BCUT2D eigenvalue weighted by molar-refractivity contribution is 9.10. The Morgan fingerprint density at radius 2 is 1.92 bits per heavy atom. The van der Waals surface area contributed by atoms with E-state index in [-0.39, 0.29) is 5.97 Å². The molecule has 132 valence electrons. The van der Waals surface area contributed by atoms with E-state index in [1.165, 1.54) is 0 Å². The molecule has 2 atom stereocenters. The largest absolute Gasteiger partial charge is 0.456 e. The highest BCUT2D eigenvalue weighted by Gasteiger charge is 2.57. The van der Waals surface area contributed by atoms with Crippen molar-refractivity contribution in [3.05, 3.63) is 32.8 Å². The summed E-state index contributed by atoms with van der Waals surface area (Å²) in [5.41, 5.74) is 3.22. The van der Waals surface area contributed by atoms with Gasteiger partial charge in [-0.2, -0.15) is 5.06 Å². The van der Waals surface area contributed by atoms with Crippen LogP contribution in [0.15, 0.2) is 10.5 Å². The first-order valence-electron chi connectivity index (χ1n) is 8.27. The number of benzene rings is 1. The molecule has 1 N–H and O–H groups in total. The van der Waals surface area contributed by atoms with Crippen molar-refractivity contribution in [2.24, 2.45) is 0 Å². The van der Waals surface area contributed by atoms with Gasteiger partial charge in [0.15, 0.2) is 0 Å². The fraction of sp³-hybridized carbons (Fsp3) is 0.611. The Labute approximate surface area is 151 Å². The van der Waals surface area contributed by atoms with Crippen molar-refractivity contribution in [2.45, 2.75) is 51.2 Å². The summed E-state index contributed by atoms with van der Waals surface area (Å²) in [4.78, 5) is 17.9. The molecule has 0 amide bonds. The summed E-state index contributed by atoms with van der Waals surface area (Å²) in [5, 5.41) is 12.9. The van der Waals surface area contributed by atoms with E-state index in [0.29, 0.717) is 25.9 Å². The van der Waals surface area contributed by atoms with Gasteiger partial charge in [-0.3, -0.25) is 4.79 Å². The molecule has 0 saturated carbocycles. The number of ether oxygens (including phenoxy) is 1. The van der Waals surface area contributed by atoms with Crippen LogP contribution in [0, 0.1) is 20.8 Å². The lowest BCUT2D eigenvalue weighted by Crippen LogP contribution is -2.50. The second-order valence-electron chi connectivity index (χ2n) is 6.88. The molecule has 24 heavy (non-hydrogen) atoms. The third-order valence-corrected chi connectivity index (χ3v) is 6.71. The number of esters is 1. The summed E-state index contributed by atoms with van der Waals surface area (Å²) in [6.07, 6.45) is 0.320. The second-order valence-corrected chi connectivity index (χ2v) is 7.68. The van der Waals surface area contributed by atoms with E-state index in [9.17, 15) is 9.90 Å². The molecule has 2 heterocycles. The van der Waals surface area contributed by atoms with Gasteiger partial charge in [0.05, 0.1) is 7.11 Å². The molecule has 0 bridgehead atoms. The van der Waals surface area contributed by atoms with Crippen LogP contribution in [0.1, 0.15) is 41.0 Å². The molecule has 0 radical (unpaired) electrons. The maximum absolute atomic E-state index is 12.7. The summed E-state index contributed by atoms with van der Waals surface area (Å²) in [5.74, 6) is -0.952. The number of rotatable bonds is 2. The van der Waals surface area contributed by atoms with E-state index in [1.807, 2.05) is 31.9 Å². The number of nitrogens with zero attached hydrogens (tertiary/aromatic N) is 1. The maximum Gasteiger partial charge on any atom is 0.316 e. The minimum atomic E-state index is -0.837. The van der Waals surface area contributed by atoms with Gasteiger partial charge in [-0.1, -0.05) is 22.0 Å². The van der Waals surface area contributed by atoms with Crippen molar-refractivity contribution in [1.29, 1.82) is 0 Å². The molecule has 2 saturated heterocycles. The van der Waals surface area contributed by atoms with Gasteiger partial charge in [-0.25, -0.2) is 0 Å². The first-order chi connectivity index (χ1) is 11.3. The third kappa shape index (κ3) is 2.69. The molecular weight excluding hydrogens is 374 g/mol. The average Bonchev–Trinajstić information content (AvgIpc) is 2.78. The van der Waals surface area contributed by atoms with E-state index in [1.54, 1.807) is 7.11 Å². The number of aliphatic hydroxyl groups is 1. The standard InChI is InChI=1S/C18H24BrNO4/c1-10-9-11(2)15(19)12(3)13(10)14-16(21)18(24-17(14)22)5-7-20(23-4)8-6-18/h9,14,16,21H,5-8H2,1-4H3. The van der Waals surface area contributed by atoms with E-state index in [2.05, 4.69) is 15.9 Å². The monoisotopic (exact) mass is 397 g/mol. The summed E-state index contributed by atoms with van der Waals surface area (Å²) in [7, 11) is 1.63. The Morgan fingerprint density at radius 3 is 2.50 bits per heavy atom. The minimum absolute atomic E-state index is 0.324. The van der Waals surface area contributed by atoms with Crippen molar-refractivity contribution >= 4 is 21.9 Å². The Bertz CT molecular complexity index is 667. The van der Waals surface area contributed by atoms with Crippen molar-refractivity contribution in [1.82, 2.24) is 5.06 Å². The minimum Gasteiger partial charge on any atom is -0.456 e. The molecule has 6 heteroatoms. The van der Waals surface area contributed by atoms with Gasteiger partial charge in [-0.05, 0) is 43.0 Å². The number of carbonyl (C=O) groups is 1. The summed E-state index contributed by atoms with van der Waals surface area (Å²) in [6, 6.07) is 2.05. The average molecular weight is 398 g/mol. The zero-order chi connectivity index (χ0) is 17.6. The lowest BCUT2D eigenvalue weighted by Gasteiger charge is -2.39. The molecule has 1 aromatic rings. The summed E-state index contributed by atoms with van der Waals surface area (Å²) < 4.78 is 6.74. The van der Waals surface area contributed by atoms with E-state index >= 15 is 0 Å². The molecule has 2 fully saturated rings. The van der Waals surface area contributed by atoms with Crippen LogP contribution in [0.5, 0.6) is 0 Å². The molecule has 3 rings (SSSR count). The first-order valence-corrected chi connectivity index (χ1v) is 9.06. The molecule has 0 aliphatic carbocycles. The zero-order valence-corrected chi connectivity index (χ0v) is 16.1. The number of hydrogen-bond acceptors (Lipinski definition) is 5. The lowest BCUT2D eigenvalue weighted by atomic mass is 9.78. The lowest BCUT2D eigenvalue weighted by molar-refractivity contribution is -0.192. The van der Waals surface area contributed by atoms with Gasteiger partial charge in [0, 0.05) is 30.4 Å².